The average Bonchev–Trinajstić information content (AvgIpc) is 2.93. The molecule has 0 saturated carbocycles. The van der Waals surface area contributed by atoms with E-state index in [-0.39, 0.29) is 28.3 Å². The molecule has 0 aromatic heterocycles. The van der Waals surface area contributed by atoms with Crippen molar-refractivity contribution < 1.29 is 24.1 Å². The number of anilines is 1. The van der Waals surface area contributed by atoms with Gasteiger partial charge in [0.15, 0.2) is 5.78 Å². The van der Waals surface area contributed by atoms with Crippen molar-refractivity contribution in [3.63, 3.8) is 0 Å². The van der Waals surface area contributed by atoms with Crippen molar-refractivity contribution in [1.29, 1.82) is 0 Å². The molecule has 0 spiro atoms. The number of hydrogen-bond acceptors (Lipinski definition) is 6. The molecule has 2 aromatic rings. The fourth-order valence-corrected chi connectivity index (χ4v) is 2.96. The second kappa shape index (κ2) is 8.01. The lowest BCUT2D eigenvalue weighted by Gasteiger charge is -2.13. The number of ketones is 1. The molecule has 1 aliphatic heterocycles. The zero-order chi connectivity index (χ0) is 21.1. The molecule has 1 N–H and O–H groups in total. The van der Waals surface area contributed by atoms with Gasteiger partial charge in [-0.15, -0.1) is 0 Å². The van der Waals surface area contributed by atoms with Crippen LogP contribution in [0.15, 0.2) is 42.5 Å². The smallest absolute Gasteiger partial charge is 0.270 e. The van der Waals surface area contributed by atoms with Gasteiger partial charge in [-0.3, -0.25) is 34.2 Å². The highest BCUT2D eigenvalue weighted by atomic mass is 16.6. The second-order valence-electron chi connectivity index (χ2n) is 6.48. The summed E-state index contributed by atoms with van der Waals surface area (Å²) in [7, 11) is 0. The first-order chi connectivity index (χ1) is 13.8. The number of non-ortho nitro benzene ring substituents is 1. The van der Waals surface area contributed by atoms with E-state index < -0.39 is 29.1 Å². The van der Waals surface area contributed by atoms with Gasteiger partial charge in [0.25, 0.3) is 17.5 Å². The fraction of sp³-hybridized carbons (Fsp3) is 0.200. The summed E-state index contributed by atoms with van der Waals surface area (Å²) in [4.78, 5) is 60.0. The molecule has 9 nitrogen and oxygen atoms in total. The van der Waals surface area contributed by atoms with E-state index in [2.05, 4.69) is 5.32 Å². The highest BCUT2D eigenvalue weighted by Gasteiger charge is 2.37. The first kappa shape index (κ1) is 19.9. The van der Waals surface area contributed by atoms with Crippen molar-refractivity contribution in [1.82, 2.24) is 4.90 Å². The Bertz CT molecular complexity index is 1030. The minimum atomic E-state index is -0.745. The van der Waals surface area contributed by atoms with Crippen molar-refractivity contribution in [2.24, 2.45) is 0 Å². The Labute approximate surface area is 165 Å². The highest BCUT2D eigenvalue weighted by molar-refractivity contribution is 6.23. The summed E-state index contributed by atoms with van der Waals surface area (Å²) in [5, 5.41) is 13.6. The Kier molecular flexibility index (Phi) is 5.49. The zero-order valence-corrected chi connectivity index (χ0v) is 15.5. The van der Waals surface area contributed by atoms with E-state index in [4.69, 9.17) is 0 Å². The fourth-order valence-electron chi connectivity index (χ4n) is 2.96. The van der Waals surface area contributed by atoms with E-state index in [0.29, 0.717) is 18.5 Å². The molecule has 2 aromatic carbocycles. The second-order valence-corrected chi connectivity index (χ2v) is 6.48. The van der Waals surface area contributed by atoms with Crippen molar-refractivity contribution in [2.45, 2.75) is 19.8 Å². The van der Waals surface area contributed by atoms with Gasteiger partial charge in [-0.05, 0) is 36.8 Å². The number of benzene rings is 2. The summed E-state index contributed by atoms with van der Waals surface area (Å²) in [6.45, 7) is 1.40. The molecule has 3 rings (SSSR count). The van der Waals surface area contributed by atoms with E-state index >= 15 is 0 Å². The van der Waals surface area contributed by atoms with Gasteiger partial charge >= 0.3 is 0 Å². The van der Waals surface area contributed by atoms with Gasteiger partial charge in [0.2, 0.25) is 5.91 Å². The van der Waals surface area contributed by atoms with Crippen LogP contribution in [0.3, 0.4) is 0 Å². The maximum atomic E-state index is 12.5. The zero-order valence-electron chi connectivity index (χ0n) is 15.5. The number of fused-ring (bicyclic) bond motifs is 1. The van der Waals surface area contributed by atoms with Gasteiger partial charge in [-0.1, -0.05) is 6.92 Å². The van der Waals surface area contributed by atoms with Gasteiger partial charge in [0, 0.05) is 29.8 Å². The van der Waals surface area contributed by atoms with Crippen LogP contribution < -0.4 is 5.32 Å². The lowest BCUT2D eigenvalue weighted by atomic mass is 10.1. The van der Waals surface area contributed by atoms with Gasteiger partial charge in [0.05, 0.1) is 22.6 Å². The van der Waals surface area contributed by atoms with Crippen LogP contribution in [0.25, 0.3) is 0 Å². The molecule has 1 aliphatic rings. The third-order valence-corrected chi connectivity index (χ3v) is 4.43. The molecule has 0 aliphatic carbocycles. The summed E-state index contributed by atoms with van der Waals surface area (Å²) < 4.78 is 0. The third-order valence-electron chi connectivity index (χ3n) is 4.43. The Morgan fingerprint density at radius 2 is 1.69 bits per heavy atom. The van der Waals surface area contributed by atoms with Crippen LogP contribution in [0, 0.1) is 10.1 Å². The normalized spacial score (nSPS) is 12.7. The number of carbonyl (C=O) groups is 4. The molecular weight excluding hydrogens is 378 g/mol. The highest BCUT2D eigenvalue weighted by Crippen LogP contribution is 2.27. The number of nitrogens with zero attached hydrogens (tertiary/aromatic N) is 2. The van der Waals surface area contributed by atoms with Crippen LogP contribution >= 0.6 is 0 Å². The molecule has 0 fully saturated rings. The molecule has 148 valence electrons. The maximum absolute atomic E-state index is 12.5. The lowest BCUT2D eigenvalue weighted by molar-refractivity contribution is -0.384. The molecule has 0 radical (unpaired) electrons. The molecule has 29 heavy (non-hydrogen) atoms. The van der Waals surface area contributed by atoms with Crippen molar-refractivity contribution in [3.05, 3.63) is 69.3 Å². The maximum Gasteiger partial charge on any atom is 0.270 e. The topological polar surface area (TPSA) is 127 Å². The summed E-state index contributed by atoms with van der Waals surface area (Å²) >= 11 is 0. The third kappa shape index (κ3) is 4.03. The van der Waals surface area contributed by atoms with Crippen LogP contribution in [0.1, 0.15) is 50.8 Å². The number of rotatable bonds is 7. The van der Waals surface area contributed by atoms with Crippen LogP contribution in [-0.4, -0.2) is 39.9 Å². The number of imide groups is 1. The number of amides is 3. The first-order valence-corrected chi connectivity index (χ1v) is 8.89. The van der Waals surface area contributed by atoms with Gasteiger partial charge in [-0.2, -0.15) is 0 Å². The molecule has 0 atom stereocenters. The first-order valence-electron chi connectivity index (χ1n) is 8.89. The molecular formula is C20H17N3O6. The quantitative estimate of drug-likeness (QED) is 0.332. The summed E-state index contributed by atoms with van der Waals surface area (Å²) in [6, 6.07) is 9.50. The van der Waals surface area contributed by atoms with Crippen molar-refractivity contribution in [2.75, 3.05) is 11.9 Å². The number of nitro groups is 1. The van der Waals surface area contributed by atoms with E-state index in [1.165, 1.54) is 18.2 Å². The number of nitrogens with one attached hydrogen (secondary N) is 1. The van der Waals surface area contributed by atoms with E-state index in [1.807, 2.05) is 6.92 Å². The predicted octanol–water partition coefficient (Wildman–Crippen LogP) is 2.81. The van der Waals surface area contributed by atoms with E-state index in [9.17, 15) is 29.3 Å². The number of nitro benzene ring substituents is 1. The monoisotopic (exact) mass is 395 g/mol. The van der Waals surface area contributed by atoms with Crippen LogP contribution in [0.5, 0.6) is 0 Å². The minimum absolute atomic E-state index is 0.0300. The minimum Gasteiger partial charge on any atom is -0.326 e. The Morgan fingerprint density at radius 3 is 2.31 bits per heavy atom. The molecule has 3 amide bonds. The summed E-state index contributed by atoms with van der Waals surface area (Å²) in [5.41, 5.74) is 0.432. The molecule has 0 unspecified atom stereocenters. The van der Waals surface area contributed by atoms with Gasteiger partial charge in [-0.25, -0.2) is 0 Å². The molecule has 9 heteroatoms. The molecule has 1 heterocycles. The van der Waals surface area contributed by atoms with Crippen LogP contribution in [-0.2, 0) is 4.79 Å². The Morgan fingerprint density at radius 1 is 1.03 bits per heavy atom. The Hall–Kier alpha value is -3.88. The standard InChI is InChI=1S/C20H17N3O6/c1-2-3-18(25)21-13-6-4-12(5-7-13)17(24)11-22-19(26)15-9-8-14(23(28)29)10-16(15)20(22)27/h4-10H,2-3,11H2,1H3,(H,21,25). The largest absolute Gasteiger partial charge is 0.326 e. The van der Waals surface area contributed by atoms with Crippen LogP contribution in [0.4, 0.5) is 11.4 Å². The SMILES string of the molecule is CCCC(=O)Nc1ccc(C(=O)CN2C(=O)c3ccc([N+](=O)[O-])cc3C2=O)cc1. The van der Waals surface area contributed by atoms with Gasteiger partial charge < -0.3 is 5.32 Å². The average molecular weight is 395 g/mol. The van der Waals surface area contributed by atoms with Crippen molar-refractivity contribution >= 4 is 34.9 Å². The van der Waals surface area contributed by atoms with E-state index in [1.54, 1.807) is 12.1 Å². The number of Topliss-reactive ketones (excluding diaryl/α,β-unsaturated/α-hetero) is 1. The number of carbonyl (C=O) groups excluding carboxylic acids is 4. The predicted molar refractivity (Wildman–Crippen MR) is 103 cm³/mol. The number of hydrogen-bond donors (Lipinski definition) is 1. The Balaban J connectivity index is 1.72. The summed E-state index contributed by atoms with van der Waals surface area (Å²) in [6.07, 6.45) is 1.10. The van der Waals surface area contributed by atoms with E-state index in [0.717, 1.165) is 17.0 Å². The lowest BCUT2D eigenvalue weighted by Crippen LogP contribution is -2.34. The van der Waals surface area contributed by atoms with Crippen molar-refractivity contribution in [3.8, 4) is 0 Å². The van der Waals surface area contributed by atoms with Gasteiger partial charge in [0.1, 0.15) is 0 Å². The summed E-state index contributed by atoms with van der Waals surface area (Å²) in [5.74, 6) is -2.02. The molecule has 0 saturated heterocycles. The van der Waals surface area contributed by atoms with Crippen LogP contribution in [0.2, 0.25) is 0 Å². The molecule has 0 bridgehead atoms.